The molecule has 0 aromatic heterocycles. The maximum Gasteiger partial charge on any atom is 0.343 e. The van der Waals surface area contributed by atoms with E-state index in [1.165, 1.54) is 0 Å². The maximum atomic E-state index is 12.4. The Bertz CT molecular complexity index is 892. The van der Waals surface area contributed by atoms with Crippen LogP contribution in [0.2, 0.25) is 0 Å². The van der Waals surface area contributed by atoms with Crippen molar-refractivity contribution in [1.29, 1.82) is 0 Å². The Hall–Kier alpha value is -2.63. The van der Waals surface area contributed by atoms with Crippen LogP contribution in [0.3, 0.4) is 0 Å². The van der Waals surface area contributed by atoms with E-state index in [1.54, 1.807) is 37.4 Å². The number of halogens is 1. The van der Waals surface area contributed by atoms with Crippen molar-refractivity contribution in [3.05, 3.63) is 82.8 Å². The van der Waals surface area contributed by atoms with Crippen molar-refractivity contribution < 1.29 is 19.0 Å². The topological polar surface area (TPSA) is 44.8 Å². The summed E-state index contributed by atoms with van der Waals surface area (Å²) in [6.45, 7) is 0.970. The summed E-state index contributed by atoms with van der Waals surface area (Å²) in [7, 11) is 1.62. The fourth-order valence-corrected chi connectivity index (χ4v) is 2.94. The van der Waals surface area contributed by atoms with Crippen LogP contribution in [-0.2, 0) is 4.74 Å². The highest BCUT2D eigenvalue weighted by Gasteiger charge is 2.12. The van der Waals surface area contributed by atoms with Crippen molar-refractivity contribution >= 4 is 21.9 Å². The van der Waals surface area contributed by atoms with Gasteiger partial charge < -0.3 is 14.2 Å². The number of carbonyl (C=O) groups is 1. The fraction of sp³-hybridized carbons (Fsp3) is 0.136. The molecule has 5 heteroatoms. The zero-order valence-electron chi connectivity index (χ0n) is 14.9. The molecule has 0 amide bonds. The van der Waals surface area contributed by atoms with E-state index in [0.717, 1.165) is 15.6 Å². The maximum absolute atomic E-state index is 12.4. The number of esters is 1. The zero-order valence-corrected chi connectivity index (χ0v) is 16.4. The summed E-state index contributed by atoms with van der Waals surface area (Å²) in [6.07, 6.45) is 0. The van der Waals surface area contributed by atoms with E-state index in [1.807, 2.05) is 42.5 Å². The standard InChI is InChI=1S/C22H19BrO4/c1-25-13-14-26-19-10-7-17(8-11-19)22(24)27-21-12-9-18(15-20(21)23)16-5-3-2-4-6-16/h2-12,15H,13-14H2,1H3. The van der Waals surface area contributed by atoms with Crippen molar-refractivity contribution in [1.82, 2.24) is 0 Å². The van der Waals surface area contributed by atoms with Gasteiger partial charge in [0.05, 0.1) is 16.6 Å². The molecule has 27 heavy (non-hydrogen) atoms. The van der Waals surface area contributed by atoms with Crippen LogP contribution in [0.5, 0.6) is 11.5 Å². The van der Waals surface area contributed by atoms with Gasteiger partial charge in [-0.05, 0) is 63.5 Å². The lowest BCUT2D eigenvalue weighted by Crippen LogP contribution is -2.09. The van der Waals surface area contributed by atoms with Crippen LogP contribution in [0.25, 0.3) is 11.1 Å². The van der Waals surface area contributed by atoms with Crippen molar-refractivity contribution in [2.75, 3.05) is 20.3 Å². The largest absolute Gasteiger partial charge is 0.491 e. The molecular weight excluding hydrogens is 408 g/mol. The van der Waals surface area contributed by atoms with Gasteiger partial charge in [-0.3, -0.25) is 0 Å². The van der Waals surface area contributed by atoms with Crippen molar-refractivity contribution in [2.24, 2.45) is 0 Å². The molecule has 4 nitrogen and oxygen atoms in total. The molecule has 0 aliphatic heterocycles. The van der Waals surface area contributed by atoms with Gasteiger partial charge in [0.15, 0.2) is 0 Å². The Morgan fingerprint density at radius 2 is 1.63 bits per heavy atom. The van der Waals surface area contributed by atoms with Crippen LogP contribution in [0.15, 0.2) is 77.3 Å². The van der Waals surface area contributed by atoms with Gasteiger partial charge in [-0.2, -0.15) is 0 Å². The van der Waals surface area contributed by atoms with E-state index in [4.69, 9.17) is 14.2 Å². The van der Waals surface area contributed by atoms with Crippen LogP contribution in [0.4, 0.5) is 0 Å². The van der Waals surface area contributed by atoms with Crippen molar-refractivity contribution in [3.63, 3.8) is 0 Å². The highest BCUT2D eigenvalue weighted by molar-refractivity contribution is 9.10. The summed E-state index contributed by atoms with van der Waals surface area (Å²) in [6, 6.07) is 22.5. The third-order valence-electron chi connectivity index (χ3n) is 3.89. The highest BCUT2D eigenvalue weighted by atomic mass is 79.9. The van der Waals surface area contributed by atoms with Crippen LogP contribution in [0, 0.1) is 0 Å². The Morgan fingerprint density at radius 3 is 2.30 bits per heavy atom. The first-order valence-corrected chi connectivity index (χ1v) is 9.25. The average molecular weight is 427 g/mol. The molecule has 0 radical (unpaired) electrons. The quantitative estimate of drug-likeness (QED) is 0.289. The van der Waals surface area contributed by atoms with Crippen LogP contribution >= 0.6 is 15.9 Å². The summed E-state index contributed by atoms with van der Waals surface area (Å²) >= 11 is 3.48. The van der Waals surface area contributed by atoms with Gasteiger partial charge in [0.2, 0.25) is 0 Å². The normalized spacial score (nSPS) is 10.4. The summed E-state index contributed by atoms with van der Waals surface area (Å²) < 4.78 is 16.7. The van der Waals surface area contributed by atoms with Gasteiger partial charge in [-0.1, -0.05) is 36.4 Å². The Balaban J connectivity index is 1.67. The van der Waals surface area contributed by atoms with E-state index < -0.39 is 5.97 Å². The van der Waals surface area contributed by atoms with Gasteiger partial charge in [0.25, 0.3) is 0 Å². The molecule has 0 saturated carbocycles. The minimum Gasteiger partial charge on any atom is -0.491 e. The van der Waals surface area contributed by atoms with Crippen LogP contribution < -0.4 is 9.47 Å². The molecule has 0 unspecified atom stereocenters. The minimum absolute atomic E-state index is 0.424. The number of hydrogen-bond donors (Lipinski definition) is 0. The Labute approximate surface area is 166 Å². The molecule has 0 bridgehead atoms. The second kappa shape index (κ2) is 9.35. The number of carbonyl (C=O) groups excluding carboxylic acids is 1. The number of benzene rings is 3. The van der Waals surface area contributed by atoms with E-state index in [-0.39, 0.29) is 0 Å². The lowest BCUT2D eigenvalue weighted by molar-refractivity contribution is 0.0733. The molecule has 0 aliphatic rings. The van der Waals surface area contributed by atoms with E-state index >= 15 is 0 Å². The number of rotatable bonds is 7. The van der Waals surface area contributed by atoms with Gasteiger partial charge in [0.1, 0.15) is 18.1 Å². The lowest BCUT2D eigenvalue weighted by Gasteiger charge is -2.09. The van der Waals surface area contributed by atoms with E-state index in [9.17, 15) is 4.79 Å². The summed E-state index contributed by atoms with van der Waals surface area (Å²) in [5.41, 5.74) is 2.59. The summed E-state index contributed by atoms with van der Waals surface area (Å²) in [5.74, 6) is 0.726. The molecule has 3 aromatic rings. The molecular formula is C22H19BrO4. The fourth-order valence-electron chi connectivity index (χ4n) is 2.48. The minimum atomic E-state index is -0.424. The molecule has 0 N–H and O–H groups in total. The first-order chi connectivity index (χ1) is 13.2. The molecule has 3 aromatic carbocycles. The number of ether oxygens (including phenoxy) is 3. The predicted molar refractivity (Wildman–Crippen MR) is 108 cm³/mol. The Kier molecular flexibility index (Phi) is 6.63. The van der Waals surface area contributed by atoms with Crippen molar-refractivity contribution in [3.8, 4) is 22.6 Å². The monoisotopic (exact) mass is 426 g/mol. The molecule has 0 heterocycles. The van der Waals surface area contributed by atoms with Crippen LogP contribution in [-0.4, -0.2) is 26.3 Å². The molecule has 0 spiro atoms. The summed E-state index contributed by atoms with van der Waals surface area (Å²) in [5, 5.41) is 0. The van der Waals surface area contributed by atoms with Crippen LogP contribution in [0.1, 0.15) is 10.4 Å². The second-order valence-corrected chi connectivity index (χ2v) is 6.62. The highest BCUT2D eigenvalue weighted by Crippen LogP contribution is 2.31. The molecule has 0 saturated heterocycles. The Morgan fingerprint density at radius 1 is 0.889 bits per heavy atom. The third-order valence-corrected chi connectivity index (χ3v) is 4.51. The summed E-state index contributed by atoms with van der Waals surface area (Å²) in [4.78, 5) is 12.4. The van der Waals surface area contributed by atoms with Gasteiger partial charge in [0, 0.05) is 7.11 Å². The molecule has 3 rings (SSSR count). The average Bonchev–Trinajstić information content (AvgIpc) is 2.71. The number of methoxy groups -OCH3 is 1. The number of hydrogen-bond acceptors (Lipinski definition) is 4. The lowest BCUT2D eigenvalue weighted by atomic mass is 10.1. The molecule has 0 atom stereocenters. The third kappa shape index (κ3) is 5.18. The van der Waals surface area contributed by atoms with Gasteiger partial charge >= 0.3 is 5.97 Å². The zero-order chi connectivity index (χ0) is 19.1. The molecule has 0 aliphatic carbocycles. The van der Waals surface area contributed by atoms with E-state index in [2.05, 4.69) is 15.9 Å². The molecule has 0 fully saturated rings. The first kappa shape index (κ1) is 19.1. The second-order valence-electron chi connectivity index (χ2n) is 5.77. The first-order valence-electron chi connectivity index (χ1n) is 8.46. The van der Waals surface area contributed by atoms with Gasteiger partial charge in [-0.25, -0.2) is 4.79 Å². The SMILES string of the molecule is COCCOc1ccc(C(=O)Oc2ccc(-c3ccccc3)cc2Br)cc1. The van der Waals surface area contributed by atoms with E-state index in [0.29, 0.717) is 30.3 Å². The predicted octanol–water partition coefficient (Wildman–Crippen LogP) is 5.36. The molecule has 138 valence electrons. The smallest absolute Gasteiger partial charge is 0.343 e. The van der Waals surface area contributed by atoms with Gasteiger partial charge in [-0.15, -0.1) is 0 Å². The van der Waals surface area contributed by atoms with Crippen molar-refractivity contribution in [2.45, 2.75) is 0 Å².